The van der Waals surface area contributed by atoms with E-state index in [2.05, 4.69) is 9.97 Å². The van der Waals surface area contributed by atoms with Crippen LogP contribution < -0.4 is 0 Å². The summed E-state index contributed by atoms with van der Waals surface area (Å²) in [6.07, 6.45) is 3.17. The second-order valence-electron chi connectivity index (χ2n) is 6.14. The van der Waals surface area contributed by atoms with Gasteiger partial charge in [-0.3, -0.25) is 14.8 Å². The van der Waals surface area contributed by atoms with Gasteiger partial charge in [-0.1, -0.05) is 0 Å². The van der Waals surface area contributed by atoms with E-state index in [9.17, 15) is 13.6 Å². The molecule has 0 spiro atoms. The highest BCUT2D eigenvalue weighted by Crippen LogP contribution is 2.28. The molecule has 2 aromatic carbocycles. The predicted octanol–water partition coefficient (Wildman–Crippen LogP) is 5.32. The number of rotatable bonds is 4. The van der Waals surface area contributed by atoms with Crippen LogP contribution in [0.4, 0.5) is 8.78 Å². The number of halogens is 2. The van der Waals surface area contributed by atoms with E-state index in [4.69, 9.17) is 0 Å². The smallest absolute Gasteiger partial charge is 0.197 e. The molecule has 0 atom stereocenters. The monoisotopic (exact) mass is 372 g/mol. The molecule has 0 unspecified atom stereocenters. The number of hydrogen-bond acceptors (Lipinski definition) is 3. The lowest BCUT2D eigenvalue weighted by Crippen LogP contribution is -2.07. The Bertz CT molecular complexity index is 1050. The fourth-order valence-corrected chi connectivity index (χ4v) is 3.00. The van der Waals surface area contributed by atoms with E-state index >= 15 is 0 Å². The molecule has 4 rings (SSSR count). The van der Waals surface area contributed by atoms with Gasteiger partial charge in [-0.05, 0) is 72.8 Å². The molecule has 0 saturated heterocycles. The zero-order chi connectivity index (χ0) is 19.5. The molecule has 0 aliphatic rings. The number of aromatic nitrogens is 2. The molecule has 0 aliphatic carbocycles. The predicted molar refractivity (Wildman–Crippen MR) is 103 cm³/mol. The minimum Gasteiger partial charge on any atom is -0.288 e. The van der Waals surface area contributed by atoms with Gasteiger partial charge in [0.05, 0.1) is 11.4 Å². The van der Waals surface area contributed by atoms with E-state index in [1.54, 1.807) is 60.9 Å². The first kappa shape index (κ1) is 17.7. The van der Waals surface area contributed by atoms with E-state index in [1.165, 1.54) is 24.3 Å². The van der Waals surface area contributed by atoms with Gasteiger partial charge in [-0.2, -0.15) is 0 Å². The van der Waals surface area contributed by atoms with Gasteiger partial charge in [0.2, 0.25) is 0 Å². The van der Waals surface area contributed by atoms with Crippen molar-refractivity contribution in [2.24, 2.45) is 0 Å². The molecule has 3 nitrogen and oxygen atoms in total. The van der Waals surface area contributed by atoms with Crippen molar-refractivity contribution >= 4 is 5.78 Å². The van der Waals surface area contributed by atoms with Gasteiger partial charge in [0.1, 0.15) is 11.6 Å². The highest BCUT2D eigenvalue weighted by Gasteiger charge is 2.20. The first-order valence-corrected chi connectivity index (χ1v) is 8.60. The lowest BCUT2D eigenvalue weighted by molar-refractivity contribution is 0.103. The van der Waals surface area contributed by atoms with Gasteiger partial charge >= 0.3 is 0 Å². The lowest BCUT2D eigenvalue weighted by atomic mass is 9.95. The minimum atomic E-state index is -0.363. The van der Waals surface area contributed by atoms with Crippen molar-refractivity contribution in [1.82, 2.24) is 9.97 Å². The fraction of sp³-hybridized carbons (Fsp3) is 0. The molecule has 4 aromatic rings. The summed E-state index contributed by atoms with van der Waals surface area (Å²) in [6.45, 7) is 0. The molecule has 5 heteroatoms. The molecule has 0 amide bonds. The van der Waals surface area contributed by atoms with Crippen molar-refractivity contribution in [3.63, 3.8) is 0 Å². The van der Waals surface area contributed by atoms with E-state index in [0.717, 1.165) is 0 Å². The van der Waals surface area contributed by atoms with Crippen LogP contribution in [0.1, 0.15) is 15.9 Å². The van der Waals surface area contributed by atoms with Crippen molar-refractivity contribution < 1.29 is 13.6 Å². The Morgan fingerprint density at radius 3 is 1.39 bits per heavy atom. The second kappa shape index (κ2) is 7.48. The largest absolute Gasteiger partial charge is 0.288 e. The number of ketones is 1. The molecule has 0 saturated carbocycles. The molecular weight excluding hydrogens is 358 g/mol. The van der Waals surface area contributed by atoms with Crippen molar-refractivity contribution in [1.29, 1.82) is 0 Å². The summed E-state index contributed by atoms with van der Waals surface area (Å²) in [4.78, 5) is 22.0. The summed E-state index contributed by atoms with van der Waals surface area (Å²) in [5.41, 5.74) is 2.95. The lowest BCUT2D eigenvalue weighted by Gasteiger charge is -2.11. The van der Waals surface area contributed by atoms with Crippen LogP contribution in [0.15, 0.2) is 85.2 Å². The van der Waals surface area contributed by atoms with E-state index < -0.39 is 0 Å². The average molecular weight is 372 g/mol. The molecule has 0 bridgehead atoms. The molecule has 2 heterocycles. The Hall–Kier alpha value is -3.73. The van der Waals surface area contributed by atoms with Crippen LogP contribution in [0.25, 0.3) is 22.5 Å². The Morgan fingerprint density at radius 1 is 0.607 bits per heavy atom. The maximum Gasteiger partial charge on any atom is 0.197 e. The Balaban J connectivity index is 1.82. The van der Waals surface area contributed by atoms with E-state index in [-0.39, 0.29) is 17.4 Å². The van der Waals surface area contributed by atoms with Gasteiger partial charge in [-0.15, -0.1) is 0 Å². The summed E-state index contributed by atoms with van der Waals surface area (Å²) in [6, 6.07) is 18.3. The maximum absolute atomic E-state index is 13.3. The molecule has 0 fully saturated rings. The molecular formula is C23H14F2N2O. The summed E-state index contributed by atoms with van der Waals surface area (Å²) in [7, 11) is 0. The number of carbonyl (C=O) groups is 1. The second-order valence-corrected chi connectivity index (χ2v) is 6.14. The number of nitrogens with zero attached hydrogens (tertiary/aromatic N) is 2. The van der Waals surface area contributed by atoms with E-state index in [0.29, 0.717) is 33.6 Å². The van der Waals surface area contributed by atoms with Gasteiger partial charge in [0.15, 0.2) is 5.78 Å². The fourth-order valence-electron chi connectivity index (χ4n) is 3.00. The van der Waals surface area contributed by atoms with Crippen LogP contribution in [-0.4, -0.2) is 15.8 Å². The summed E-state index contributed by atoms with van der Waals surface area (Å²) < 4.78 is 26.5. The van der Waals surface area contributed by atoms with Gasteiger partial charge in [0, 0.05) is 34.6 Å². The van der Waals surface area contributed by atoms with Crippen LogP contribution in [0.3, 0.4) is 0 Å². The van der Waals surface area contributed by atoms with Crippen LogP contribution in [0.5, 0.6) is 0 Å². The standard InChI is InChI=1S/C23H14F2N2O/c24-17-9-5-15(6-10-17)21-19(3-1-13-26-21)23(28)20-4-2-14-27-22(20)16-7-11-18(25)12-8-16/h1-14H. The third kappa shape index (κ3) is 3.42. The van der Waals surface area contributed by atoms with Crippen LogP contribution in [0.2, 0.25) is 0 Å². The van der Waals surface area contributed by atoms with E-state index in [1.807, 2.05) is 0 Å². The van der Waals surface area contributed by atoms with Crippen molar-refractivity contribution in [3.05, 3.63) is 108 Å². The molecule has 0 N–H and O–H groups in total. The van der Waals surface area contributed by atoms with Gasteiger partial charge in [0.25, 0.3) is 0 Å². The normalized spacial score (nSPS) is 10.6. The van der Waals surface area contributed by atoms with Crippen molar-refractivity contribution in [2.45, 2.75) is 0 Å². The van der Waals surface area contributed by atoms with Crippen molar-refractivity contribution in [2.75, 3.05) is 0 Å². The Labute approximate surface area is 160 Å². The number of carbonyl (C=O) groups excluding carboxylic acids is 1. The quantitative estimate of drug-likeness (QED) is 0.455. The molecule has 28 heavy (non-hydrogen) atoms. The highest BCUT2D eigenvalue weighted by molar-refractivity contribution is 6.15. The van der Waals surface area contributed by atoms with Crippen LogP contribution >= 0.6 is 0 Å². The number of hydrogen-bond donors (Lipinski definition) is 0. The highest BCUT2D eigenvalue weighted by atomic mass is 19.1. The van der Waals surface area contributed by atoms with Crippen LogP contribution in [0, 0.1) is 11.6 Å². The third-order valence-corrected chi connectivity index (χ3v) is 4.34. The number of pyridine rings is 2. The first-order chi connectivity index (χ1) is 13.6. The maximum atomic E-state index is 13.3. The zero-order valence-corrected chi connectivity index (χ0v) is 14.6. The minimum absolute atomic E-state index is 0.264. The molecule has 2 aromatic heterocycles. The summed E-state index contributed by atoms with van der Waals surface area (Å²) in [5, 5.41) is 0. The third-order valence-electron chi connectivity index (χ3n) is 4.34. The average Bonchev–Trinajstić information content (AvgIpc) is 2.74. The van der Waals surface area contributed by atoms with Gasteiger partial charge < -0.3 is 0 Å². The SMILES string of the molecule is O=C(c1cccnc1-c1ccc(F)cc1)c1cccnc1-c1ccc(F)cc1. The molecule has 0 radical (unpaired) electrons. The molecule has 136 valence electrons. The van der Waals surface area contributed by atoms with Crippen LogP contribution in [-0.2, 0) is 0 Å². The molecule has 0 aliphatic heterocycles. The topological polar surface area (TPSA) is 42.9 Å². The van der Waals surface area contributed by atoms with Crippen molar-refractivity contribution in [3.8, 4) is 22.5 Å². The first-order valence-electron chi connectivity index (χ1n) is 8.60. The Kier molecular flexibility index (Phi) is 4.72. The summed E-state index contributed by atoms with van der Waals surface area (Å²) in [5.74, 6) is -0.989. The summed E-state index contributed by atoms with van der Waals surface area (Å²) >= 11 is 0. The van der Waals surface area contributed by atoms with Gasteiger partial charge in [-0.25, -0.2) is 8.78 Å². The zero-order valence-electron chi connectivity index (χ0n) is 14.6. The number of benzene rings is 2. The Morgan fingerprint density at radius 2 is 1.00 bits per heavy atom.